The lowest BCUT2D eigenvalue weighted by molar-refractivity contribution is 0.0238. The molecule has 144 valence electrons. The van der Waals surface area contributed by atoms with Crippen molar-refractivity contribution in [3.05, 3.63) is 40.2 Å². The van der Waals surface area contributed by atoms with Gasteiger partial charge in [0.05, 0.1) is 31.5 Å². The van der Waals surface area contributed by atoms with Crippen LogP contribution in [0.2, 0.25) is 0 Å². The van der Waals surface area contributed by atoms with Gasteiger partial charge in [-0.1, -0.05) is 0 Å². The molecule has 2 N–H and O–H groups in total. The minimum Gasteiger partial charge on any atom is -0.378 e. The van der Waals surface area contributed by atoms with Crippen molar-refractivity contribution in [1.29, 1.82) is 0 Å². The normalized spacial score (nSPS) is 20.6. The van der Waals surface area contributed by atoms with Gasteiger partial charge in [-0.3, -0.25) is 5.32 Å². The van der Waals surface area contributed by atoms with E-state index in [4.69, 9.17) is 9.47 Å². The number of pyridine rings is 1. The summed E-state index contributed by atoms with van der Waals surface area (Å²) in [7, 11) is 0. The molecule has 2 aliphatic rings. The van der Waals surface area contributed by atoms with Crippen LogP contribution in [0.4, 0.5) is 16.3 Å². The van der Waals surface area contributed by atoms with Gasteiger partial charge in [0.1, 0.15) is 6.10 Å². The van der Waals surface area contributed by atoms with Gasteiger partial charge in [-0.25, -0.2) is 9.78 Å². The summed E-state index contributed by atoms with van der Waals surface area (Å²) in [6, 6.07) is 5.52. The molecule has 2 amide bonds. The Kier molecular flexibility index (Phi) is 5.56. The van der Waals surface area contributed by atoms with Crippen molar-refractivity contribution >= 4 is 28.9 Å². The molecule has 0 aliphatic carbocycles. The van der Waals surface area contributed by atoms with Crippen molar-refractivity contribution in [2.24, 2.45) is 0 Å². The fourth-order valence-corrected chi connectivity index (χ4v) is 4.47. The number of urea groups is 1. The molecule has 8 heteroatoms. The first-order valence-corrected chi connectivity index (χ1v) is 10.1. The lowest BCUT2D eigenvalue weighted by atomic mass is 10.0. The number of fused-ring (bicyclic) bond motifs is 1. The molecule has 0 spiro atoms. The molecule has 4 rings (SSSR count). The van der Waals surface area contributed by atoms with Gasteiger partial charge in [-0.2, -0.15) is 0 Å². The summed E-state index contributed by atoms with van der Waals surface area (Å²) in [6.07, 6.45) is 2.51. The minimum atomic E-state index is -0.276. The number of rotatable bonds is 4. The second-order valence-corrected chi connectivity index (χ2v) is 7.70. The zero-order valence-corrected chi connectivity index (χ0v) is 16.1. The molecule has 0 bridgehead atoms. The number of carbonyl (C=O) groups excluding carboxylic acids is 1. The largest absolute Gasteiger partial charge is 0.378 e. The summed E-state index contributed by atoms with van der Waals surface area (Å²) in [6.45, 7) is 5.59. The number of anilines is 2. The molecule has 0 saturated carbocycles. The number of nitrogens with zero attached hydrogens (tertiary/aromatic N) is 2. The Morgan fingerprint density at radius 1 is 1.33 bits per heavy atom. The highest BCUT2D eigenvalue weighted by Crippen LogP contribution is 2.33. The van der Waals surface area contributed by atoms with Crippen LogP contribution in [0, 0.1) is 0 Å². The molecule has 0 aromatic carbocycles. The van der Waals surface area contributed by atoms with Gasteiger partial charge in [0.15, 0.2) is 5.82 Å². The Morgan fingerprint density at radius 2 is 2.19 bits per heavy atom. The van der Waals surface area contributed by atoms with Gasteiger partial charge < -0.3 is 19.7 Å². The fraction of sp³-hybridized carbons (Fsp3) is 0.474. The monoisotopic (exact) mass is 388 g/mol. The Morgan fingerprint density at radius 3 is 3.04 bits per heavy atom. The number of hydrogen-bond donors (Lipinski definition) is 2. The number of aromatic nitrogens is 1. The Hall–Kier alpha value is -2.16. The first kappa shape index (κ1) is 18.2. The van der Waals surface area contributed by atoms with Gasteiger partial charge in [-0.05, 0) is 36.1 Å². The van der Waals surface area contributed by atoms with E-state index in [1.807, 2.05) is 19.1 Å². The Balaban J connectivity index is 1.42. The maximum Gasteiger partial charge on any atom is 0.320 e. The number of morpholine rings is 1. The number of carbonyl (C=O) groups is 1. The highest BCUT2D eigenvalue weighted by molar-refractivity contribution is 7.10. The average Bonchev–Trinajstić information content (AvgIpc) is 3.18. The standard InChI is InChI=1S/C19H24N4O3S/c1-13(17-14-5-12-27-16(14)4-9-26-17)21-19(24)22-18-15(3-2-6-20-18)23-7-10-25-11-8-23/h2-3,5-6,12-13,17H,4,7-11H2,1H3,(H2,20,21,22,24). The molecule has 2 unspecified atom stereocenters. The molecule has 27 heavy (non-hydrogen) atoms. The minimum absolute atomic E-state index is 0.117. The summed E-state index contributed by atoms with van der Waals surface area (Å²) in [4.78, 5) is 20.5. The SMILES string of the molecule is CC(NC(=O)Nc1ncccc1N1CCOCC1)C1OCCc2sccc21. The molecule has 2 aromatic heterocycles. The summed E-state index contributed by atoms with van der Waals surface area (Å²) in [5, 5.41) is 7.99. The lowest BCUT2D eigenvalue weighted by Crippen LogP contribution is -2.42. The van der Waals surface area contributed by atoms with Crippen molar-refractivity contribution in [1.82, 2.24) is 10.3 Å². The number of amides is 2. The molecule has 0 radical (unpaired) electrons. The van der Waals surface area contributed by atoms with Crippen LogP contribution < -0.4 is 15.5 Å². The zero-order valence-electron chi connectivity index (χ0n) is 15.3. The van der Waals surface area contributed by atoms with E-state index >= 15 is 0 Å². The number of ether oxygens (including phenoxy) is 2. The summed E-state index contributed by atoms with van der Waals surface area (Å²) in [5.74, 6) is 0.560. The molecule has 1 saturated heterocycles. The first-order chi connectivity index (χ1) is 13.2. The number of hydrogen-bond acceptors (Lipinski definition) is 6. The van der Waals surface area contributed by atoms with Crippen LogP contribution in [0.5, 0.6) is 0 Å². The van der Waals surface area contributed by atoms with E-state index in [1.165, 1.54) is 10.4 Å². The first-order valence-electron chi connectivity index (χ1n) is 9.25. The van der Waals surface area contributed by atoms with E-state index in [0.717, 1.165) is 25.2 Å². The van der Waals surface area contributed by atoms with Crippen molar-refractivity contribution in [2.75, 3.05) is 43.1 Å². The predicted molar refractivity (Wildman–Crippen MR) is 106 cm³/mol. The topological polar surface area (TPSA) is 75.7 Å². The average molecular weight is 388 g/mol. The zero-order chi connectivity index (χ0) is 18.6. The van der Waals surface area contributed by atoms with Crippen molar-refractivity contribution in [3.8, 4) is 0 Å². The van der Waals surface area contributed by atoms with Crippen LogP contribution in [-0.2, 0) is 15.9 Å². The third kappa shape index (κ3) is 4.07. The van der Waals surface area contributed by atoms with Crippen LogP contribution in [-0.4, -0.2) is 50.0 Å². The van der Waals surface area contributed by atoms with Gasteiger partial charge in [0.25, 0.3) is 0 Å². The van der Waals surface area contributed by atoms with E-state index < -0.39 is 0 Å². The lowest BCUT2D eigenvalue weighted by Gasteiger charge is -2.31. The Bertz CT molecular complexity index is 791. The van der Waals surface area contributed by atoms with E-state index in [0.29, 0.717) is 25.6 Å². The smallest absolute Gasteiger partial charge is 0.320 e. The second kappa shape index (κ2) is 8.24. The molecule has 4 heterocycles. The highest BCUT2D eigenvalue weighted by Gasteiger charge is 2.28. The number of nitrogens with one attached hydrogen (secondary N) is 2. The third-order valence-corrected chi connectivity index (χ3v) is 5.89. The summed E-state index contributed by atoms with van der Waals surface area (Å²) in [5.41, 5.74) is 2.10. The van der Waals surface area contributed by atoms with Crippen molar-refractivity contribution < 1.29 is 14.3 Å². The van der Waals surface area contributed by atoms with E-state index in [-0.39, 0.29) is 18.2 Å². The molecule has 7 nitrogen and oxygen atoms in total. The van der Waals surface area contributed by atoms with Crippen LogP contribution in [0.25, 0.3) is 0 Å². The maximum atomic E-state index is 12.6. The quantitative estimate of drug-likeness (QED) is 0.842. The van der Waals surface area contributed by atoms with Crippen molar-refractivity contribution in [2.45, 2.75) is 25.5 Å². The van der Waals surface area contributed by atoms with E-state index in [9.17, 15) is 4.79 Å². The number of thiophene rings is 1. The van der Waals surface area contributed by atoms with Gasteiger partial charge in [0, 0.05) is 30.6 Å². The van der Waals surface area contributed by atoms with Crippen LogP contribution in [0.3, 0.4) is 0 Å². The molecule has 1 fully saturated rings. The van der Waals surface area contributed by atoms with Crippen LogP contribution in [0.1, 0.15) is 23.5 Å². The van der Waals surface area contributed by atoms with Gasteiger partial charge in [-0.15, -0.1) is 11.3 Å². The third-order valence-electron chi connectivity index (χ3n) is 4.90. The molecular weight excluding hydrogens is 364 g/mol. The van der Waals surface area contributed by atoms with Gasteiger partial charge in [0.2, 0.25) is 0 Å². The summed E-state index contributed by atoms with van der Waals surface area (Å²) < 4.78 is 11.3. The maximum absolute atomic E-state index is 12.6. The summed E-state index contributed by atoms with van der Waals surface area (Å²) >= 11 is 1.75. The van der Waals surface area contributed by atoms with E-state index in [1.54, 1.807) is 17.5 Å². The fourth-order valence-electron chi connectivity index (χ4n) is 3.57. The highest BCUT2D eigenvalue weighted by atomic mass is 32.1. The van der Waals surface area contributed by atoms with Crippen LogP contribution >= 0.6 is 11.3 Å². The Labute approximate surface area is 162 Å². The van der Waals surface area contributed by atoms with Gasteiger partial charge >= 0.3 is 6.03 Å². The molecule has 2 aliphatic heterocycles. The molecule has 2 aromatic rings. The van der Waals surface area contributed by atoms with Crippen LogP contribution in [0.15, 0.2) is 29.8 Å². The van der Waals surface area contributed by atoms with E-state index in [2.05, 4.69) is 32.0 Å². The molecular formula is C19H24N4O3S. The van der Waals surface area contributed by atoms with Crippen molar-refractivity contribution in [3.63, 3.8) is 0 Å². The molecule has 2 atom stereocenters. The second-order valence-electron chi connectivity index (χ2n) is 6.70. The predicted octanol–water partition coefficient (Wildman–Crippen LogP) is 2.80.